The summed E-state index contributed by atoms with van der Waals surface area (Å²) in [7, 11) is 0. The number of halogens is 3. The number of aromatic nitrogens is 2. The number of carbonyl (C=O) groups excluding carboxylic acids is 1. The van der Waals surface area contributed by atoms with Crippen LogP contribution in [0.3, 0.4) is 0 Å². The van der Waals surface area contributed by atoms with E-state index in [1.165, 1.54) is 4.57 Å². The number of likely N-dealkylation sites (tertiary alicyclic amines) is 1. The maximum atomic E-state index is 13.3. The van der Waals surface area contributed by atoms with E-state index < -0.39 is 12.0 Å². The molecule has 1 saturated heterocycles. The molecule has 1 fully saturated rings. The van der Waals surface area contributed by atoms with Gasteiger partial charge in [-0.05, 0) is 30.9 Å². The molecule has 0 unspecified atom stereocenters. The van der Waals surface area contributed by atoms with E-state index in [1.807, 2.05) is 6.92 Å². The van der Waals surface area contributed by atoms with Gasteiger partial charge in [0.15, 0.2) is 0 Å². The quantitative estimate of drug-likeness (QED) is 0.855. The maximum Gasteiger partial charge on any atom is 0.449 e. The number of imidazole rings is 1. The number of hydrogen-bond donors (Lipinski definition) is 0. The number of para-hydroxylation sites is 2. The van der Waals surface area contributed by atoms with Gasteiger partial charge in [-0.15, -0.1) is 0 Å². The molecule has 2 aromatic rings. The number of alkyl halides is 3. The van der Waals surface area contributed by atoms with Crippen LogP contribution in [0.15, 0.2) is 24.3 Å². The minimum Gasteiger partial charge on any atom is -0.343 e. The first-order valence-corrected chi connectivity index (χ1v) is 8.20. The minimum absolute atomic E-state index is 0.109. The van der Waals surface area contributed by atoms with Crippen molar-refractivity contribution in [3.05, 3.63) is 30.1 Å². The van der Waals surface area contributed by atoms with Gasteiger partial charge in [-0.25, -0.2) is 4.98 Å². The highest BCUT2D eigenvalue weighted by Gasteiger charge is 2.38. The van der Waals surface area contributed by atoms with Crippen LogP contribution in [0.4, 0.5) is 13.2 Å². The molecule has 2 heterocycles. The number of amides is 1. The van der Waals surface area contributed by atoms with Gasteiger partial charge >= 0.3 is 6.18 Å². The van der Waals surface area contributed by atoms with Gasteiger partial charge in [0, 0.05) is 26.1 Å². The van der Waals surface area contributed by atoms with Gasteiger partial charge in [0.05, 0.1) is 11.0 Å². The number of hydrogen-bond acceptors (Lipinski definition) is 2. The summed E-state index contributed by atoms with van der Waals surface area (Å²) in [4.78, 5) is 17.3. The van der Waals surface area contributed by atoms with Crippen molar-refractivity contribution in [2.45, 2.75) is 38.9 Å². The number of rotatable bonds is 3. The van der Waals surface area contributed by atoms with Crippen LogP contribution in [0.1, 0.15) is 32.0 Å². The summed E-state index contributed by atoms with van der Waals surface area (Å²) >= 11 is 0. The van der Waals surface area contributed by atoms with Gasteiger partial charge in [0.1, 0.15) is 0 Å². The third kappa shape index (κ3) is 3.25. The first-order valence-electron chi connectivity index (χ1n) is 8.20. The Morgan fingerprint density at radius 3 is 2.54 bits per heavy atom. The topological polar surface area (TPSA) is 38.1 Å². The summed E-state index contributed by atoms with van der Waals surface area (Å²) in [6, 6.07) is 6.69. The van der Waals surface area contributed by atoms with Gasteiger partial charge < -0.3 is 9.47 Å². The van der Waals surface area contributed by atoms with Crippen LogP contribution < -0.4 is 0 Å². The first kappa shape index (κ1) is 16.8. The highest BCUT2D eigenvalue weighted by atomic mass is 19.4. The fraction of sp³-hybridized carbons (Fsp3) is 0.529. The van der Waals surface area contributed by atoms with Crippen molar-refractivity contribution in [3.63, 3.8) is 0 Å². The molecule has 0 N–H and O–H groups in total. The van der Waals surface area contributed by atoms with Crippen molar-refractivity contribution in [1.29, 1.82) is 0 Å². The molecule has 1 aliphatic rings. The molecule has 0 radical (unpaired) electrons. The van der Waals surface area contributed by atoms with Crippen molar-refractivity contribution in [3.8, 4) is 0 Å². The third-order valence-electron chi connectivity index (χ3n) is 4.62. The number of carbonyl (C=O) groups is 1. The molecule has 130 valence electrons. The minimum atomic E-state index is -4.47. The maximum absolute atomic E-state index is 13.3. The van der Waals surface area contributed by atoms with Crippen molar-refractivity contribution >= 4 is 16.9 Å². The van der Waals surface area contributed by atoms with E-state index in [1.54, 1.807) is 29.2 Å². The highest BCUT2D eigenvalue weighted by Crippen LogP contribution is 2.33. The van der Waals surface area contributed by atoms with Crippen molar-refractivity contribution in [1.82, 2.24) is 14.5 Å². The van der Waals surface area contributed by atoms with E-state index in [9.17, 15) is 18.0 Å². The third-order valence-corrected chi connectivity index (χ3v) is 4.62. The highest BCUT2D eigenvalue weighted by molar-refractivity contribution is 5.76. The second kappa shape index (κ2) is 6.45. The molecule has 4 nitrogen and oxygen atoms in total. The molecule has 1 aromatic carbocycles. The summed E-state index contributed by atoms with van der Waals surface area (Å²) in [6.45, 7) is 3.34. The Kier molecular flexibility index (Phi) is 4.51. The number of nitrogens with zero attached hydrogens (tertiary/aromatic N) is 3. The van der Waals surface area contributed by atoms with Gasteiger partial charge in [0.2, 0.25) is 11.7 Å². The average molecular weight is 339 g/mol. The molecule has 3 rings (SSSR count). The summed E-state index contributed by atoms with van der Waals surface area (Å²) in [5, 5.41) is 0. The lowest BCUT2D eigenvalue weighted by Crippen LogP contribution is -2.39. The second-order valence-electron chi connectivity index (χ2n) is 6.21. The first-order chi connectivity index (χ1) is 11.4. The second-order valence-corrected chi connectivity index (χ2v) is 6.21. The Balaban J connectivity index is 1.82. The monoisotopic (exact) mass is 339 g/mol. The standard InChI is InChI=1S/C17H20F3N3O/c1-2-15(24)22-9-7-12(8-10-22)11-23-14-6-4-3-5-13(14)21-16(23)17(18,19)20/h3-6,12H,2,7-11H2,1H3. The van der Waals surface area contributed by atoms with Crippen LogP contribution in [-0.4, -0.2) is 33.4 Å². The SMILES string of the molecule is CCC(=O)N1CCC(Cn2c(C(F)(F)F)nc3ccccc32)CC1. The lowest BCUT2D eigenvalue weighted by Gasteiger charge is -2.32. The van der Waals surface area contributed by atoms with Crippen LogP contribution in [0.25, 0.3) is 11.0 Å². The van der Waals surface area contributed by atoms with Crippen LogP contribution >= 0.6 is 0 Å². The number of fused-ring (bicyclic) bond motifs is 1. The zero-order valence-corrected chi connectivity index (χ0v) is 13.5. The van der Waals surface area contributed by atoms with Gasteiger partial charge in [-0.3, -0.25) is 4.79 Å². The van der Waals surface area contributed by atoms with Gasteiger partial charge in [-0.2, -0.15) is 13.2 Å². The van der Waals surface area contributed by atoms with Gasteiger partial charge in [0.25, 0.3) is 0 Å². The molecular formula is C17H20F3N3O. The molecule has 0 spiro atoms. The summed E-state index contributed by atoms with van der Waals surface area (Å²) in [6.07, 6.45) is -2.57. The molecule has 0 saturated carbocycles. The molecule has 1 aromatic heterocycles. The molecule has 1 amide bonds. The van der Waals surface area contributed by atoms with E-state index in [4.69, 9.17) is 0 Å². The molecule has 1 aliphatic heterocycles. The Hall–Kier alpha value is -2.05. The predicted molar refractivity (Wildman–Crippen MR) is 84.3 cm³/mol. The molecule has 24 heavy (non-hydrogen) atoms. The molecule has 0 atom stereocenters. The average Bonchev–Trinajstić information content (AvgIpc) is 2.94. The van der Waals surface area contributed by atoms with Crippen LogP contribution in [0.2, 0.25) is 0 Å². The summed E-state index contributed by atoms with van der Waals surface area (Å²) < 4.78 is 41.2. The van der Waals surface area contributed by atoms with E-state index in [2.05, 4.69) is 4.98 Å². The smallest absolute Gasteiger partial charge is 0.343 e. The van der Waals surface area contributed by atoms with E-state index in [0.717, 1.165) is 12.8 Å². The van der Waals surface area contributed by atoms with Crippen molar-refractivity contribution in [2.24, 2.45) is 5.92 Å². The van der Waals surface area contributed by atoms with Crippen molar-refractivity contribution < 1.29 is 18.0 Å². The zero-order valence-electron chi connectivity index (χ0n) is 13.5. The largest absolute Gasteiger partial charge is 0.449 e. The van der Waals surface area contributed by atoms with Crippen LogP contribution in [0, 0.1) is 5.92 Å². The predicted octanol–water partition coefficient (Wildman–Crippen LogP) is 3.70. The van der Waals surface area contributed by atoms with Crippen LogP contribution in [0.5, 0.6) is 0 Å². The molecule has 0 aliphatic carbocycles. The summed E-state index contributed by atoms with van der Waals surface area (Å²) in [5.41, 5.74) is 0.875. The molecule has 7 heteroatoms. The van der Waals surface area contributed by atoms with Gasteiger partial charge in [-0.1, -0.05) is 19.1 Å². The Bertz CT molecular complexity index is 730. The van der Waals surface area contributed by atoms with E-state index in [0.29, 0.717) is 30.5 Å². The fourth-order valence-corrected chi connectivity index (χ4v) is 3.32. The van der Waals surface area contributed by atoms with Crippen molar-refractivity contribution in [2.75, 3.05) is 13.1 Å². The Labute approximate surface area is 138 Å². The lowest BCUT2D eigenvalue weighted by molar-refractivity contribution is -0.147. The van der Waals surface area contributed by atoms with Crippen LogP contribution in [-0.2, 0) is 17.5 Å². The zero-order chi connectivity index (χ0) is 17.3. The number of piperidine rings is 1. The van der Waals surface area contributed by atoms with E-state index >= 15 is 0 Å². The summed E-state index contributed by atoms with van der Waals surface area (Å²) in [5.74, 6) is -0.613. The normalized spacial score (nSPS) is 16.8. The Morgan fingerprint density at radius 2 is 1.92 bits per heavy atom. The lowest BCUT2D eigenvalue weighted by atomic mass is 9.96. The molecule has 0 bridgehead atoms. The Morgan fingerprint density at radius 1 is 1.25 bits per heavy atom. The number of benzene rings is 1. The fourth-order valence-electron chi connectivity index (χ4n) is 3.32. The molecular weight excluding hydrogens is 319 g/mol. The van der Waals surface area contributed by atoms with E-state index in [-0.39, 0.29) is 18.4 Å².